The summed E-state index contributed by atoms with van der Waals surface area (Å²) in [5, 5.41) is 11.7. The highest BCUT2D eigenvalue weighted by Gasteiger charge is 2.13. The van der Waals surface area contributed by atoms with Crippen molar-refractivity contribution in [2.75, 3.05) is 16.9 Å². The van der Waals surface area contributed by atoms with Crippen LogP contribution >= 0.6 is 11.8 Å². The lowest BCUT2D eigenvalue weighted by molar-refractivity contribution is 0.598. The van der Waals surface area contributed by atoms with Gasteiger partial charge in [-0.05, 0) is 48.2 Å². The van der Waals surface area contributed by atoms with Gasteiger partial charge in [0.15, 0.2) is 5.82 Å². The van der Waals surface area contributed by atoms with Crippen LogP contribution in [0.15, 0.2) is 70.6 Å². The zero-order valence-electron chi connectivity index (χ0n) is 17.0. The summed E-state index contributed by atoms with van der Waals surface area (Å²) in [7, 11) is -1.79. The van der Waals surface area contributed by atoms with E-state index in [2.05, 4.69) is 39.0 Å². The maximum atomic E-state index is 11.5. The summed E-state index contributed by atoms with van der Waals surface area (Å²) in [4.78, 5) is 10.5. The second-order valence-corrected chi connectivity index (χ2v) is 9.33. The lowest BCUT2D eigenvalue weighted by Crippen LogP contribution is -2.12. The maximum absolute atomic E-state index is 11.5. The van der Waals surface area contributed by atoms with Crippen molar-refractivity contribution in [2.24, 2.45) is 12.2 Å². The Balaban J connectivity index is 1.63. The average molecular weight is 455 g/mol. The smallest absolute Gasteiger partial charge is 0.238 e. The largest absolute Gasteiger partial charge is 0.364 e. The van der Waals surface area contributed by atoms with E-state index in [0.717, 1.165) is 11.0 Å². The molecule has 4 rings (SSSR count). The van der Waals surface area contributed by atoms with Crippen molar-refractivity contribution < 1.29 is 8.42 Å². The van der Waals surface area contributed by atoms with E-state index in [4.69, 9.17) is 5.14 Å². The van der Waals surface area contributed by atoms with Gasteiger partial charge in [-0.25, -0.2) is 18.5 Å². The molecule has 0 amide bonds. The fourth-order valence-corrected chi connectivity index (χ4v) is 4.39. The molecule has 31 heavy (non-hydrogen) atoms. The minimum Gasteiger partial charge on any atom is -0.364 e. The minimum atomic E-state index is -3.74. The number of hydrogen-bond donors (Lipinski definition) is 3. The molecule has 8 nitrogen and oxygen atoms in total. The Morgan fingerprint density at radius 3 is 2.52 bits per heavy atom. The third-order valence-electron chi connectivity index (χ3n) is 4.80. The number of nitrogens with zero attached hydrogens (tertiary/aromatic N) is 3. The second kappa shape index (κ2) is 8.58. The van der Waals surface area contributed by atoms with E-state index < -0.39 is 10.0 Å². The summed E-state index contributed by atoms with van der Waals surface area (Å²) in [6.07, 6.45) is 3.99. The van der Waals surface area contributed by atoms with E-state index in [1.807, 2.05) is 36.0 Å². The predicted molar refractivity (Wildman–Crippen MR) is 125 cm³/mol. The Bertz CT molecular complexity index is 1330. The second-order valence-electron chi connectivity index (χ2n) is 6.92. The number of aryl methyl sites for hydroxylation is 1. The first-order chi connectivity index (χ1) is 14.8. The fraction of sp³-hybridized carbons (Fsp3) is 0.143. The van der Waals surface area contributed by atoms with Gasteiger partial charge in [-0.2, -0.15) is 4.98 Å². The van der Waals surface area contributed by atoms with Crippen LogP contribution in [0.2, 0.25) is 0 Å². The normalized spacial score (nSPS) is 11.6. The molecule has 0 spiro atoms. The van der Waals surface area contributed by atoms with Crippen LogP contribution in [0.3, 0.4) is 0 Å². The Labute approximate surface area is 185 Å². The molecule has 0 saturated carbocycles. The number of nitrogens with two attached hydrogens (primary N) is 1. The van der Waals surface area contributed by atoms with Crippen molar-refractivity contribution in [2.45, 2.75) is 16.3 Å². The van der Waals surface area contributed by atoms with Gasteiger partial charge < -0.3 is 15.2 Å². The first kappa shape index (κ1) is 21.2. The number of sulfonamides is 1. The molecule has 0 bridgehead atoms. The van der Waals surface area contributed by atoms with E-state index in [1.54, 1.807) is 23.9 Å². The molecular weight excluding hydrogens is 432 g/mol. The number of fused-ring (bicyclic) bond motifs is 1. The quantitative estimate of drug-likeness (QED) is 0.365. The van der Waals surface area contributed by atoms with Gasteiger partial charge >= 0.3 is 0 Å². The van der Waals surface area contributed by atoms with E-state index in [0.29, 0.717) is 24.0 Å². The number of benzene rings is 2. The lowest BCUT2D eigenvalue weighted by Gasteiger charge is -2.13. The highest BCUT2D eigenvalue weighted by Crippen LogP contribution is 2.26. The molecule has 0 saturated heterocycles. The number of hydrogen-bond acceptors (Lipinski definition) is 7. The van der Waals surface area contributed by atoms with Gasteiger partial charge in [0.1, 0.15) is 5.52 Å². The van der Waals surface area contributed by atoms with Crippen LogP contribution in [-0.4, -0.2) is 29.2 Å². The third-order valence-corrected chi connectivity index (χ3v) is 6.56. The highest BCUT2D eigenvalue weighted by molar-refractivity contribution is 7.98. The molecule has 0 aliphatic rings. The topological polar surface area (TPSA) is 115 Å². The summed E-state index contributed by atoms with van der Waals surface area (Å²) in [5.74, 6) is 1.11. The third kappa shape index (κ3) is 4.66. The van der Waals surface area contributed by atoms with Crippen molar-refractivity contribution in [3.05, 3.63) is 66.4 Å². The molecular formula is C21H22N6O2S2. The van der Waals surface area contributed by atoms with Gasteiger partial charge in [0.05, 0.1) is 10.4 Å². The Morgan fingerprint density at radius 2 is 1.81 bits per heavy atom. The van der Waals surface area contributed by atoms with Gasteiger partial charge in [0, 0.05) is 30.4 Å². The molecule has 2 heterocycles. The molecule has 4 aromatic rings. The van der Waals surface area contributed by atoms with Gasteiger partial charge in [0.2, 0.25) is 16.0 Å². The SMILES string of the molecule is CSc1ccccc1CNc1nc(Nc2ccc(S(N)(=O)=O)cc2)nc2ccn(C)c12. The van der Waals surface area contributed by atoms with Crippen LogP contribution in [0.4, 0.5) is 17.5 Å². The number of nitrogens with one attached hydrogen (secondary N) is 2. The number of aromatic nitrogens is 3. The molecule has 0 aliphatic carbocycles. The van der Waals surface area contributed by atoms with Crippen molar-refractivity contribution >= 4 is 50.3 Å². The van der Waals surface area contributed by atoms with Gasteiger partial charge in [-0.1, -0.05) is 18.2 Å². The standard InChI is InChI=1S/C21H22N6O2S2/c1-27-12-11-17-19(27)20(23-13-14-5-3-4-6-18(14)30-2)26-21(25-17)24-15-7-9-16(10-8-15)31(22,28)29/h3-12H,13H2,1-2H3,(H2,22,28,29)(H2,23,24,25,26). The molecule has 0 atom stereocenters. The average Bonchev–Trinajstić information content (AvgIpc) is 3.13. The van der Waals surface area contributed by atoms with Crippen LogP contribution in [0.5, 0.6) is 0 Å². The summed E-state index contributed by atoms with van der Waals surface area (Å²) in [6.45, 7) is 0.622. The summed E-state index contributed by atoms with van der Waals surface area (Å²) < 4.78 is 24.9. The van der Waals surface area contributed by atoms with Crippen molar-refractivity contribution in [3.8, 4) is 0 Å². The first-order valence-electron chi connectivity index (χ1n) is 9.44. The van der Waals surface area contributed by atoms with Crippen LogP contribution in [0.25, 0.3) is 11.0 Å². The van der Waals surface area contributed by atoms with E-state index in [9.17, 15) is 8.42 Å². The summed E-state index contributed by atoms with van der Waals surface area (Å²) in [5.41, 5.74) is 3.53. The van der Waals surface area contributed by atoms with Crippen LogP contribution in [-0.2, 0) is 23.6 Å². The predicted octanol–water partition coefficient (Wildman–Crippen LogP) is 3.69. The zero-order valence-corrected chi connectivity index (χ0v) is 18.7. The van der Waals surface area contributed by atoms with Crippen LogP contribution in [0.1, 0.15) is 5.56 Å². The van der Waals surface area contributed by atoms with Gasteiger partial charge in [0.25, 0.3) is 0 Å². The number of thioether (sulfide) groups is 1. The molecule has 0 unspecified atom stereocenters. The van der Waals surface area contributed by atoms with E-state index in [-0.39, 0.29) is 4.90 Å². The van der Waals surface area contributed by atoms with Crippen molar-refractivity contribution in [1.82, 2.24) is 14.5 Å². The Kier molecular flexibility index (Phi) is 5.86. The molecule has 160 valence electrons. The fourth-order valence-electron chi connectivity index (χ4n) is 3.26. The molecule has 4 N–H and O–H groups in total. The minimum absolute atomic E-state index is 0.0484. The first-order valence-corrected chi connectivity index (χ1v) is 12.2. The molecule has 10 heteroatoms. The summed E-state index contributed by atoms with van der Waals surface area (Å²) in [6, 6.07) is 16.3. The molecule has 0 aliphatic heterocycles. The lowest BCUT2D eigenvalue weighted by atomic mass is 10.2. The molecule has 2 aromatic heterocycles. The molecule has 0 radical (unpaired) electrons. The number of anilines is 3. The van der Waals surface area contributed by atoms with Gasteiger partial charge in [-0.15, -0.1) is 11.8 Å². The monoisotopic (exact) mass is 454 g/mol. The highest BCUT2D eigenvalue weighted by atomic mass is 32.2. The number of primary sulfonamides is 1. The zero-order chi connectivity index (χ0) is 22.0. The number of rotatable bonds is 7. The Morgan fingerprint density at radius 1 is 1.06 bits per heavy atom. The van der Waals surface area contributed by atoms with Gasteiger partial charge in [-0.3, -0.25) is 0 Å². The van der Waals surface area contributed by atoms with Crippen LogP contribution < -0.4 is 15.8 Å². The summed E-state index contributed by atoms with van der Waals surface area (Å²) >= 11 is 1.70. The molecule has 0 fully saturated rings. The maximum Gasteiger partial charge on any atom is 0.238 e. The van der Waals surface area contributed by atoms with Crippen LogP contribution in [0, 0.1) is 0 Å². The van der Waals surface area contributed by atoms with E-state index >= 15 is 0 Å². The van der Waals surface area contributed by atoms with E-state index in [1.165, 1.54) is 22.6 Å². The molecule has 2 aromatic carbocycles. The van der Waals surface area contributed by atoms with Crippen molar-refractivity contribution in [1.29, 1.82) is 0 Å². The van der Waals surface area contributed by atoms with Crippen molar-refractivity contribution in [3.63, 3.8) is 0 Å². The Hall–Kier alpha value is -3.08.